The Morgan fingerprint density at radius 2 is 1.60 bits per heavy atom. The first kappa shape index (κ1) is 20.3. The van der Waals surface area contributed by atoms with E-state index >= 15 is 0 Å². The van der Waals surface area contributed by atoms with Crippen molar-refractivity contribution in [1.82, 2.24) is 0 Å². The molecule has 0 N–H and O–H groups in total. The fraction of sp³-hybridized carbons (Fsp3) is 0.739. The molecule has 2 atom stereocenters. The van der Waals surface area contributed by atoms with Gasteiger partial charge in [0.05, 0.1) is 19.3 Å². The van der Waals surface area contributed by atoms with Gasteiger partial charge in [0.1, 0.15) is 5.75 Å². The van der Waals surface area contributed by atoms with Crippen LogP contribution in [0.15, 0.2) is 24.3 Å². The summed E-state index contributed by atoms with van der Waals surface area (Å²) in [5.41, 5.74) is 1.31. The highest BCUT2D eigenvalue weighted by Crippen LogP contribution is 2.33. The molecule has 1 aromatic rings. The summed E-state index contributed by atoms with van der Waals surface area (Å²) >= 11 is 0. The van der Waals surface area contributed by atoms with E-state index in [9.17, 15) is 0 Å². The summed E-state index contributed by atoms with van der Waals surface area (Å²) in [6.07, 6.45) is 14.8. The summed E-state index contributed by atoms with van der Waals surface area (Å²) in [7, 11) is 0. The Hall–Kier alpha value is -1.02. The predicted molar refractivity (Wildman–Crippen MR) is 106 cm³/mol. The lowest BCUT2D eigenvalue weighted by Gasteiger charge is -2.29. The summed E-state index contributed by atoms with van der Waals surface area (Å²) in [5, 5.41) is 0. The average molecular weight is 347 g/mol. The van der Waals surface area contributed by atoms with Crippen molar-refractivity contribution >= 4 is 0 Å². The number of hydrogen-bond donors (Lipinski definition) is 0. The van der Waals surface area contributed by atoms with Gasteiger partial charge in [-0.2, -0.15) is 0 Å². The molecular weight excluding hydrogens is 308 g/mol. The van der Waals surface area contributed by atoms with Crippen molar-refractivity contribution in [2.24, 2.45) is 5.92 Å². The molecule has 2 heteroatoms. The quantitative estimate of drug-likeness (QED) is 0.376. The van der Waals surface area contributed by atoms with Crippen molar-refractivity contribution in [2.45, 2.75) is 90.6 Å². The number of benzene rings is 1. The Balaban J connectivity index is 1.62. The monoisotopic (exact) mass is 346 g/mol. The van der Waals surface area contributed by atoms with Crippen LogP contribution in [0.3, 0.4) is 0 Å². The van der Waals surface area contributed by atoms with Gasteiger partial charge in [0.15, 0.2) is 0 Å². The van der Waals surface area contributed by atoms with E-state index in [1.165, 1.54) is 63.4 Å². The van der Waals surface area contributed by atoms with Crippen LogP contribution >= 0.6 is 0 Å². The van der Waals surface area contributed by atoms with Gasteiger partial charge >= 0.3 is 0 Å². The minimum atomic E-state index is 0.283. The number of unbranched alkanes of at least 4 members (excludes halogenated alkanes) is 6. The van der Waals surface area contributed by atoms with Crippen LogP contribution < -0.4 is 4.74 Å². The van der Waals surface area contributed by atoms with E-state index in [4.69, 9.17) is 9.47 Å². The second-order valence-corrected chi connectivity index (χ2v) is 7.59. The van der Waals surface area contributed by atoms with Gasteiger partial charge < -0.3 is 9.47 Å². The van der Waals surface area contributed by atoms with Crippen LogP contribution in [0.2, 0.25) is 0 Å². The maximum absolute atomic E-state index is 6.17. The molecule has 0 amide bonds. The molecule has 1 aromatic carbocycles. The third-order valence-corrected chi connectivity index (χ3v) is 5.35. The highest BCUT2D eigenvalue weighted by Gasteiger charge is 2.22. The lowest BCUT2D eigenvalue weighted by Crippen LogP contribution is -2.20. The van der Waals surface area contributed by atoms with Gasteiger partial charge in [-0.1, -0.05) is 70.9 Å². The first-order chi connectivity index (χ1) is 12.3. The fourth-order valence-corrected chi connectivity index (χ4v) is 3.62. The van der Waals surface area contributed by atoms with Crippen LogP contribution in [0.4, 0.5) is 0 Å². The summed E-state index contributed by atoms with van der Waals surface area (Å²) in [4.78, 5) is 0. The lowest BCUT2D eigenvalue weighted by atomic mass is 9.91. The lowest BCUT2D eigenvalue weighted by molar-refractivity contribution is -0.0199. The molecule has 0 radical (unpaired) electrons. The summed E-state index contributed by atoms with van der Waals surface area (Å²) in [5.74, 6) is 1.76. The molecule has 1 saturated heterocycles. The molecule has 0 saturated carbocycles. The molecular formula is C23H38O2. The molecule has 2 unspecified atom stereocenters. The van der Waals surface area contributed by atoms with Crippen LogP contribution in [0.1, 0.15) is 96.1 Å². The smallest absolute Gasteiger partial charge is 0.119 e. The minimum Gasteiger partial charge on any atom is -0.494 e. The molecule has 1 heterocycles. The summed E-state index contributed by atoms with van der Waals surface area (Å²) in [6.45, 7) is 6.22. The Kier molecular flexibility index (Phi) is 10.0. The van der Waals surface area contributed by atoms with Crippen molar-refractivity contribution in [3.8, 4) is 5.75 Å². The van der Waals surface area contributed by atoms with Gasteiger partial charge in [0.25, 0.3) is 0 Å². The van der Waals surface area contributed by atoms with E-state index in [1.54, 1.807) is 0 Å². The zero-order valence-electron chi connectivity index (χ0n) is 16.5. The molecule has 25 heavy (non-hydrogen) atoms. The second kappa shape index (κ2) is 12.4. The van der Waals surface area contributed by atoms with Gasteiger partial charge in [-0.3, -0.25) is 0 Å². The molecule has 1 fully saturated rings. The summed E-state index contributed by atoms with van der Waals surface area (Å²) < 4.78 is 11.9. The van der Waals surface area contributed by atoms with Crippen LogP contribution in [-0.4, -0.2) is 13.2 Å². The van der Waals surface area contributed by atoms with E-state index in [1.807, 2.05) is 0 Å². The van der Waals surface area contributed by atoms with E-state index in [0.29, 0.717) is 0 Å². The second-order valence-electron chi connectivity index (χ2n) is 7.59. The van der Waals surface area contributed by atoms with E-state index in [2.05, 4.69) is 38.1 Å². The maximum Gasteiger partial charge on any atom is 0.119 e. The first-order valence-electron chi connectivity index (χ1n) is 10.7. The minimum absolute atomic E-state index is 0.283. The highest BCUT2D eigenvalue weighted by atomic mass is 16.5. The van der Waals surface area contributed by atoms with Gasteiger partial charge in [0.2, 0.25) is 0 Å². The van der Waals surface area contributed by atoms with E-state index < -0.39 is 0 Å². The van der Waals surface area contributed by atoms with Crippen LogP contribution in [0.25, 0.3) is 0 Å². The zero-order chi connectivity index (χ0) is 17.7. The molecule has 0 spiro atoms. The van der Waals surface area contributed by atoms with Crippen LogP contribution in [0.5, 0.6) is 5.75 Å². The Labute approximate surface area is 155 Å². The van der Waals surface area contributed by atoms with E-state index in [0.717, 1.165) is 37.7 Å². The van der Waals surface area contributed by atoms with Gasteiger partial charge in [-0.15, -0.1) is 0 Å². The number of ether oxygens (including phenoxy) is 2. The molecule has 0 aromatic heterocycles. The Bertz CT molecular complexity index is 432. The van der Waals surface area contributed by atoms with Gasteiger partial charge in [0, 0.05) is 0 Å². The van der Waals surface area contributed by atoms with Crippen molar-refractivity contribution in [3.05, 3.63) is 29.8 Å². The topological polar surface area (TPSA) is 18.5 Å². The molecule has 1 aliphatic heterocycles. The average Bonchev–Trinajstić information content (AvgIpc) is 2.66. The van der Waals surface area contributed by atoms with Crippen molar-refractivity contribution in [3.63, 3.8) is 0 Å². The normalized spacial score (nSPS) is 20.6. The third kappa shape index (κ3) is 7.81. The van der Waals surface area contributed by atoms with Gasteiger partial charge in [-0.25, -0.2) is 0 Å². The van der Waals surface area contributed by atoms with E-state index in [-0.39, 0.29) is 6.10 Å². The SMILES string of the molecule is CCCCCCCCC1CCC(c2ccc(OCCCC)cc2)OC1. The standard InChI is InChI=1S/C23H38O2/c1-3-5-7-8-9-10-11-20-12-17-23(25-19-20)21-13-15-22(16-14-21)24-18-6-4-2/h13-16,20,23H,3-12,17-19H2,1-2H3. The molecule has 0 aliphatic carbocycles. The van der Waals surface area contributed by atoms with Crippen molar-refractivity contribution in [1.29, 1.82) is 0 Å². The van der Waals surface area contributed by atoms with Crippen molar-refractivity contribution < 1.29 is 9.47 Å². The van der Waals surface area contributed by atoms with Crippen molar-refractivity contribution in [2.75, 3.05) is 13.2 Å². The zero-order valence-corrected chi connectivity index (χ0v) is 16.5. The Morgan fingerprint density at radius 3 is 2.28 bits per heavy atom. The number of hydrogen-bond acceptors (Lipinski definition) is 2. The van der Waals surface area contributed by atoms with Crippen LogP contribution in [0, 0.1) is 5.92 Å². The molecule has 1 aliphatic rings. The first-order valence-corrected chi connectivity index (χ1v) is 10.7. The predicted octanol–water partition coefficient (Wildman–Crippen LogP) is 7.08. The molecule has 142 valence electrons. The fourth-order valence-electron chi connectivity index (χ4n) is 3.62. The van der Waals surface area contributed by atoms with Gasteiger partial charge in [-0.05, 0) is 49.3 Å². The molecule has 2 rings (SSSR count). The largest absolute Gasteiger partial charge is 0.494 e. The highest BCUT2D eigenvalue weighted by molar-refractivity contribution is 5.28. The summed E-state index contributed by atoms with van der Waals surface area (Å²) in [6, 6.07) is 8.55. The third-order valence-electron chi connectivity index (χ3n) is 5.35. The molecule has 0 bridgehead atoms. The number of rotatable bonds is 12. The maximum atomic E-state index is 6.17. The molecule has 2 nitrogen and oxygen atoms in total. The Morgan fingerprint density at radius 1 is 0.880 bits per heavy atom. The van der Waals surface area contributed by atoms with Crippen LogP contribution in [-0.2, 0) is 4.74 Å².